The SMILES string of the molecule is Clc1cc(-c2ccc3c4ccc5ccccc5c4n(-c4ccc(-c5ccccc5)cc4)c3c2)cc(N(c2ccccc2)c2ccccc2)c1. The Bertz CT molecular complexity index is 2550. The second kappa shape index (κ2) is 12.2. The van der Waals surface area contributed by atoms with Gasteiger partial charge in [-0.1, -0.05) is 139 Å². The number of nitrogens with zero attached hydrogens (tertiary/aromatic N) is 2. The van der Waals surface area contributed by atoms with Gasteiger partial charge < -0.3 is 9.47 Å². The molecule has 49 heavy (non-hydrogen) atoms. The van der Waals surface area contributed by atoms with Crippen LogP contribution in [-0.2, 0) is 0 Å². The van der Waals surface area contributed by atoms with Gasteiger partial charge in [-0.15, -0.1) is 0 Å². The summed E-state index contributed by atoms with van der Waals surface area (Å²) in [4.78, 5) is 2.26. The number of aromatic nitrogens is 1. The minimum Gasteiger partial charge on any atom is -0.310 e. The van der Waals surface area contributed by atoms with Gasteiger partial charge in [-0.25, -0.2) is 0 Å². The van der Waals surface area contributed by atoms with E-state index in [1.807, 2.05) is 18.2 Å². The summed E-state index contributed by atoms with van der Waals surface area (Å²) < 4.78 is 2.43. The van der Waals surface area contributed by atoms with Crippen molar-refractivity contribution in [2.45, 2.75) is 0 Å². The largest absolute Gasteiger partial charge is 0.310 e. The number of rotatable bonds is 6. The van der Waals surface area contributed by atoms with Gasteiger partial charge in [-0.3, -0.25) is 0 Å². The van der Waals surface area contributed by atoms with E-state index in [1.54, 1.807) is 0 Å². The smallest absolute Gasteiger partial charge is 0.0619 e. The number of benzene rings is 8. The van der Waals surface area contributed by atoms with Gasteiger partial charge in [-0.2, -0.15) is 0 Å². The molecular weight excluding hydrogens is 616 g/mol. The van der Waals surface area contributed by atoms with Crippen LogP contribution in [0.25, 0.3) is 60.5 Å². The molecule has 0 spiro atoms. The van der Waals surface area contributed by atoms with E-state index in [-0.39, 0.29) is 0 Å². The molecule has 0 fully saturated rings. The van der Waals surface area contributed by atoms with E-state index in [4.69, 9.17) is 11.6 Å². The average Bonchev–Trinajstić information content (AvgIpc) is 3.50. The lowest BCUT2D eigenvalue weighted by Crippen LogP contribution is -2.09. The zero-order valence-electron chi connectivity index (χ0n) is 26.7. The van der Waals surface area contributed by atoms with Crippen LogP contribution in [0.5, 0.6) is 0 Å². The third kappa shape index (κ3) is 5.24. The lowest BCUT2D eigenvalue weighted by Gasteiger charge is -2.26. The molecule has 1 aromatic heterocycles. The van der Waals surface area contributed by atoms with Gasteiger partial charge in [0.1, 0.15) is 0 Å². The maximum Gasteiger partial charge on any atom is 0.0619 e. The molecule has 0 aliphatic heterocycles. The molecule has 0 aliphatic rings. The molecule has 3 heteroatoms. The molecule has 9 aromatic rings. The van der Waals surface area contributed by atoms with Crippen molar-refractivity contribution in [3.8, 4) is 27.9 Å². The zero-order chi connectivity index (χ0) is 32.7. The quantitative estimate of drug-likeness (QED) is 0.174. The third-order valence-electron chi connectivity index (χ3n) is 9.39. The number of halogens is 1. The molecule has 0 bridgehead atoms. The lowest BCUT2D eigenvalue weighted by atomic mass is 10.0. The maximum absolute atomic E-state index is 6.93. The Balaban J connectivity index is 1.25. The monoisotopic (exact) mass is 646 g/mol. The normalized spacial score (nSPS) is 11.4. The Hall–Kier alpha value is -6.09. The molecular formula is C46H31ClN2. The van der Waals surface area contributed by atoms with Crippen molar-refractivity contribution in [2.24, 2.45) is 0 Å². The fourth-order valence-corrected chi connectivity index (χ4v) is 7.36. The molecule has 1 heterocycles. The first-order chi connectivity index (χ1) is 24.2. The summed E-state index contributed by atoms with van der Waals surface area (Å²) in [6, 6.07) is 66.7. The van der Waals surface area contributed by atoms with E-state index < -0.39 is 0 Å². The molecule has 9 rings (SSSR count). The molecule has 8 aromatic carbocycles. The van der Waals surface area contributed by atoms with Crippen LogP contribution >= 0.6 is 11.6 Å². The van der Waals surface area contributed by atoms with E-state index >= 15 is 0 Å². The zero-order valence-corrected chi connectivity index (χ0v) is 27.4. The van der Waals surface area contributed by atoms with Crippen LogP contribution in [0.15, 0.2) is 188 Å². The lowest BCUT2D eigenvalue weighted by molar-refractivity contribution is 1.19. The summed E-state index contributed by atoms with van der Waals surface area (Å²) in [6.45, 7) is 0. The fourth-order valence-electron chi connectivity index (χ4n) is 7.13. The Kier molecular flexibility index (Phi) is 7.22. The molecule has 2 nitrogen and oxygen atoms in total. The van der Waals surface area contributed by atoms with Crippen molar-refractivity contribution in [1.29, 1.82) is 0 Å². The Morgan fingerprint density at radius 1 is 0.388 bits per heavy atom. The number of hydrogen-bond donors (Lipinski definition) is 0. The second-order valence-corrected chi connectivity index (χ2v) is 12.8. The van der Waals surface area contributed by atoms with Crippen LogP contribution < -0.4 is 4.90 Å². The second-order valence-electron chi connectivity index (χ2n) is 12.4. The van der Waals surface area contributed by atoms with Crippen LogP contribution in [-0.4, -0.2) is 4.57 Å². The Morgan fingerprint density at radius 3 is 1.69 bits per heavy atom. The van der Waals surface area contributed by atoms with Crippen molar-refractivity contribution in [2.75, 3.05) is 4.90 Å². The molecule has 232 valence electrons. The molecule has 0 amide bonds. The van der Waals surface area contributed by atoms with E-state index in [1.165, 1.54) is 38.2 Å². The summed E-state index contributed by atoms with van der Waals surface area (Å²) in [5.41, 5.74) is 11.2. The van der Waals surface area contributed by atoms with Crippen molar-refractivity contribution in [3.05, 3.63) is 193 Å². The predicted octanol–water partition coefficient (Wildman–Crippen LogP) is 13.4. The Morgan fingerprint density at radius 2 is 0.980 bits per heavy atom. The molecule has 0 saturated carbocycles. The maximum atomic E-state index is 6.93. The van der Waals surface area contributed by atoms with E-state index in [2.05, 4.69) is 179 Å². The first-order valence-corrected chi connectivity index (χ1v) is 16.9. The van der Waals surface area contributed by atoms with E-state index in [0.717, 1.165) is 39.4 Å². The first kappa shape index (κ1) is 29.1. The third-order valence-corrected chi connectivity index (χ3v) is 9.61. The van der Waals surface area contributed by atoms with Gasteiger partial charge in [-0.05, 0) is 88.3 Å². The van der Waals surface area contributed by atoms with Crippen LogP contribution in [0.3, 0.4) is 0 Å². The van der Waals surface area contributed by atoms with Crippen molar-refractivity contribution >= 4 is 61.2 Å². The standard InChI is InChI=1S/C46H31ClN2/c47-37-28-36(29-41(31-37)48(38-15-6-2-7-16-38)39-17-8-3-9-18-39)35-23-26-43-44-27-22-34-14-10-11-19-42(34)46(44)49(45(43)30-35)40-24-20-33(21-25-40)32-12-4-1-5-13-32/h1-31H. The number of fused-ring (bicyclic) bond motifs is 5. The van der Waals surface area contributed by atoms with Gasteiger partial charge in [0.15, 0.2) is 0 Å². The van der Waals surface area contributed by atoms with Gasteiger partial charge in [0.05, 0.1) is 11.0 Å². The summed E-state index contributed by atoms with van der Waals surface area (Å²) in [6.07, 6.45) is 0. The van der Waals surface area contributed by atoms with Gasteiger partial charge in [0.25, 0.3) is 0 Å². The highest BCUT2D eigenvalue weighted by Crippen LogP contribution is 2.41. The molecule has 0 atom stereocenters. The fraction of sp³-hybridized carbons (Fsp3) is 0. The summed E-state index contributed by atoms with van der Waals surface area (Å²) in [7, 11) is 0. The summed E-state index contributed by atoms with van der Waals surface area (Å²) >= 11 is 6.93. The predicted molar refractivity (Wildman–Crippen MR) is 209 cm³/mol. The number of anilines is 3. The minimum atomic E-state index is 0.687. The molecule has 0 N–H and O–H groups in total. The van der Waals surface area contributed by atoms with Crippen LogP contribution in [0.2, 0.25) is 5.02 Å². The highest BCUT2D eigenvalue weighted by molar-refractivity contribution is 6.31. The molecule has 0 aliphatic carbocycles. The van der Waals surface area contributed by atoms with Crippen LogP contribution in [0.4, 0.5) is 17.1 Å². The highest BCUT2D eigenvalue weighted by Gasteiger charge is 2.18. The first-order valence-electron chi connectivity index (χ1n) is 16.5. The van der Waals surface area contributed by atoms with Gasteiger partial charge in [0, 0.05) is 43.9 Å². The van der Waals surface area contributed by atoms with Crippen molar-refractivity contribution in [3.63, 3.8) is 0 Å². The van der Waals surface area contributed by atoms with Crippen LogP contribution in [0, 0.1) is 0 Å². The Labute approximate surface area is 290 Å². The number of para-hydroxylation sites is 2. The highest BCUT2D eigenvalue weighted by atomic mass is 35.5. The van der Waals surface area contributed by atoms with E-state index in [9.17, 15) is 0 Å². The average molecular weight is 647 g/mol. The molecule has 0 saturated heterocycles. The van der Waals surface area contributed by atoms with E-state index in [0.29, 0.717) is 5.02 Å². The summed E-state index contributed by atoms with van der Waals surface area (Å²) in [5.74, 6) is 0. The van der Waals surface area contributed by atoms with Crippen LogP contribution in [0.1, 0.15) is 0 Å². The topological polar surface area (TPSA) is 8.17 Å². The van der Waals surface area contributed by atoms with Gasteiger partial charge in [0.2, 0.25) is 0 Å². The van der Waals surface area contributed by atoms with Gasteiger partial charge >= 0.3 is 0 Å². The minimum absolute atomic E-state index is 0.687. The molecule has 0 radical (unpaired) electrons. The van der Waals surface area contributed by atoms with Crippen molar-refractivity contribution < 1.29 is 0 Å². The number of hydrogen-bond acceptors (Lipinski definition) is 1. The van der Waals surface area contributed by atoms with Crippen molar-refractivity contribution in [1.82, 2.24) is 4.57 Å². The summed E-state index contributed by atoms with van der Waals surface area (Å²) in [5, 5.41) is 5.60. The molecule has 0 unspecified atom stereocenters.